The zero-order valence-electron chi connectivity index (χ0n) is 13.1. The Hall–Kier alpha value is -2.07. The van der Waals surface area contributed by atoms with Crippen molar-refractivity contribution in [1.29, 1.82) is 0 Å². The molecule has 119 valence electrons. The molecule has 0 N–H and O–H groups in total. The molecule has 1 fully saturated rings. The maximum Gasteiger partial charge on any atom is 0.257 e. The molecule has 1 radical (unpaired) electrons. The summed E-state index contributed by atoms with van der Waals surface area (Å²) in [5, 5.41) is 0. The molecule has 0 saturated carbocycles. The lowest BCUT2D eigenvalue weighted by atomic mass is 10.1. The topological polar surface area (TPSA) is 34.6 Å². The van der Waals surface area contributed by atoms with Crippen molar-refractivity contribution in [3.05, 3.63) is 60.1 Å². The SMILES string of the molecule is [CH]1CCN(Cc2ccc([C@H]3COc4cccnc4O3)cc2)CC1. The molecule has 3 heterocycles. The quantitative estimate of drug-likeness (QED) is 0.870. The highest BCUT2D eigenvalue weighted by atomic mass is 16.6. The molecule has 0 amide bonds. The summed E-state index contributed by atoms with van der Waals surface area (Å²) in [5.74, 6) is 1.31. The molecule has 0 spiro atoms. The summed E-state index contributed by atoms with van der Waals surface area (Å²) < 4.78 is 11.7. The molecule has 1 aromatic carbocycles. The van der Waals surface area contributed by atoms with E-state index in [9.17, 15) is 0 Å². The molecule has 2 aliphatic rings. The van der Waals surface area contributed by atoms with Gasteiger partial charge in [0.25, 0.3) is 5.88 Å². The number of rotatable bonds is 3. The van der Waals surface area contributed by atoms with Crippen LogP contribution in [-0.4, -0.2) is 29.6 Å². The number of hydrogen-bond donors (Lipinski definition) is 0. The molecular weight excluding hydrogens is 288 g/mol. The minimum absolute atomic E-state index is 0.0870. The van der Waals surface area contributed by atoms with Crippen LogP contribution in [0.4, 0.5) is 0 Å². The average Bonchev–Trinajstić information content (AvgIpc) is 2.63. The van der Waals surface area contributed by atoms with E-state index in [0.29, 0.717) is 12.5 Å². The van der Waals surface area contributed by atoms with Crippen LogP contribution in [0.15, 0.2) is 42.6 Å². The van der Waals surface area contributed by atoms with Gasteiger partial charge in [-0.05, 0) is 55.6 Å². The van der Waals surface area contributed by atoms with Crippen molar-refractivity contribution in [3.8, 4) is 11.6 Å². The van der Waals surface area contributed by atoms with Crippen LogP contribution in [-0.2, 0) is 6.54 Å². The third-order valence-electron chi connectivity index (χ3n) is 4.44. The van der Waals surface area contributed by atoms with E-state index in [-0.39, 0.29) is 6.10 Å². The molecule has 2 aliphatic heterocycles. The molecule has 1 aromatic heterocycles. The van der Waals surface area contributed by atoms with Gasteiger partial charge in [0.2, 0.25) is 0 Å². The highest BCUT2D eigenvalue weighted by molar-refractivity contribution is 5.35. The first-order valence-corrected chi connectivity index (χ1v) is 8.26. The van der Waals surface area contributed by atoms with Crippen molar-refractivity contribution in [1.82, 2.24) is 9.88 Å². The van der Waals surface area contributed by atoms with E-state index in [4.69, 9.17) is 9.47 Å². The van der Waals surface area contributed by atoms with Gasteiger partial charge in [-0.15, -0.1) is 0 Å². The number of pyridine rings is 1. The Morgan fingerprint density at radius 2 is 1.91 bits per heavy atom. The van der Waals surface area contributed by atoms with Gasteiger partial charge in [0.05, 0.1) is 0 Å². The van der Waals surface area contributed by atoms with Crippen molar-refractivity contribution in [3.63, 3.8) is 0 Å². The average molecular weight is 309 g/mol. The van der Waals surface area contributed by atoms with E-state index >= 15 is 0 Å². The molecule has 0 aliphatic carbocycles. The first-order valence-electron chi connectivity index (χ1n) is 8.26. The normalized spacial score (nSPS) is 21.1. The molecule has 1 saturated heterocycles. The highest BCUT2D eigenvalue weighted by Crippen LogP contribution is 2.33. The summed E-state index contributed by atoms with van der Waals surface area (Å²) in [6.45, 7) is 3.90. The number of nitrogens with zero attached hydrogens (tertiary/aromatic N) is 2. The third kappa shape index (κ3) is 3.32. The van der Waals surface area contributed by atoms with Gasteiger partial charge in [0, 0.05) is 12.7 Å². The van der Waals surface area contributed by atoms with Gasteiger partial charge in [-0.3, -0.25) is 4.90 Å². The minimum Gasteiger partial charge on any atom is -0.484 e. The molecule has 0 unspecified atom stereocenters. The third-order valence-corrected chi connectivity index (χ3v) is 4.44. The van der Waals surface area contributed by atoms with Crippen LogP contribution in [0.25, 0.3) is 0 Å². The second-order valence-corrected chi connectivity index (χ2v) is 6.11. The van der Waals surface area contributed by atoms with E-state index in [1.807, 2.05) is 12.1 Å². The molecule has 4 nitrogen and oxygen atoms in total. The molecule has 23 heavy (non-hydrogen) atoms. The maximum atomic E-state index is 5.96. The van der Waals surface area contributed by atoms with Gasteiger partial charge >= 0.3 is 0 Å². The highest BCUT2D eigenvalue weighted by Gasteiger charge is 2.23. The van der Waals surface area contributed by atoms with Gasteiger partial charge in [-0.25, -0.2) is 4.98 Å². The Labute approximate surface area is 137 Å². The van der Waals surface area contributed by atoms with E-state index in [1.54, 1.807) is 6.20 Å². The van der Waals surface area contributed by atoms with Gasteiger partial charge in [-0.1, -0.05) is 24.3 Å². The standard InChI is InChI=1S/C19H21N2O2/c1-2-11-21(12-3-1)13-15-6-8-16(9-7-15)18-14-22-17-5-4-10-20-19(17)23-18/h1,4-10,18H,2-3,11-14H2/t18-/m1/s1. The van der Waals surface area contributed by atoms with Crippen molar-refractivity contribution in [2.45, 2.75) is 25.5 Å². The van der Waals surface area contributed by atoms with Gasteiger partial charge in [0.1, 0.15) is 6.61 Å². The van der Waals surface area contributed by atoms with Crippen LogP contribution in [0.5, 0.6) is 11.6 Å². The molecule has 1 atom stereocenters. The first-order chi connectivity index (χ1) is 11.4. The molecular formula is C19H21N2O2. The largest absolute Gasteiger partial charge is 0.484 e. The van der Waals surface area contributed by atoms with Crippen LogP contribution in [0.3, 0.4) is 0 Å². The molecule has 0 bridgehead atoms. The number of fused-ring (bicyclic) bond motifs is 1. The second-order valence-electron chi connectivity index (χ2n) is 6.11. The van der Waals surface area contributed by atoms with Gasteiger partial charge in [0.15, 0.2) is 11.9 Å². The van der Waals surface area contributed by atoms with Crippen molar-refractivity contribution in [2.24, 2.45) is 0 Å². The van der Waals surface area contributed by atoms with Gasteiger partial charge < -0.3 is 9.47 Å². The molecule has 2 aromatic rings. The van der Waals surface area contributed by atoms with Crippen LogP contribution < -0.4 is 9.47 Å². The van der Waals surface area contributed by atoms with Crippen molar-refractivity contribution >= 4 is 0 Å². The zero-order valence-corrected chi connectivity index (χ0v) is 13.1. The summed E-state index contributed by atoms with van der Waals surface area (Å²) in [4.78, 5) is 6.74. The number of piperidine rings is 1. The summed E-state index contributed by atoms with van der Waals surface area (Å²) in [6.07, 6.45) is 6.43. The van der Waals surface area contributed by atoms with Crippen molar-refractivity contribution in [2.75, 3.05) is 19.7 Å². The lowest BCUT2D eigenvalue weighted by Gasteiger charge is -2.27. The molecule has 4 rings (SSSR count). The Morgan fingerprint density at radius 1 is 1.09 bits per heavy atom. The van der Waals surface area contributed by atoms with E-state index in [2.05, 4.69) is 40.6 Å². The van der Waals surface area contributed by atoms with E-state index < -0.39 is 0 Å². The van der Waals surface area contributed by atoms with E-state index in [1.165, 1.54) is 31.5 Å². The number of likely N-dealkylation sites (tertiary alicyclic amines) is 1. The van der Waals surface area contributed by atoms with Crippen LogP contribution in [0.2, 0.25) is 0 Å². The monoisotopic (exact) mass is 309 g/mol. The zero-order chi connectivity index (χ0) is 15.5. The summed E-state index contributed by atoms with van der Waals surface area (Å²) in [6, 6.07) is 12.4. The van der Waals surface area contributed by atoms with Crippen LogP contribution in [0.1, 0.15) is 30.1 Å². The number of hydrogen-bond acceptors (Lipinski definition) is 4. The lowest BCUT2D eigenvalue weighted by molar-refractivity contribution is 0.0851. The number of aromatic nitrogens is 1. The fourth-order valence-electron chi connectivity index (χ4n) is 3.13. The Kier molecular flexibility index (Phi) is 4.16. The van der Waals surface area contributed by atoms with Gasteiger partial charge in [-0.2, -0.15) is 0 Å². The van der Waals surface area contributed by atoms with Crippen LogP contribution in [0, 0.1) is 6.42 Å². The minimum atomic E-state index is -0.0870. The predicted molar refractivity (Wildman–Crippen MR) is 88.4 cm³/mol. The summed E-state index contributed by atoms with van der Waals surface area (Å²) in [7, 11) is 0. The Balaban J connectivity index is 1.42. The Morgan fingerprint density at radius 3 is 2.74 bits per heavy atom. The Bertz CT molecular complexity index is 651. The maximum absolute atomic E-state index is 5.96. The summed E-state index contributed by atoms with van der Waals surface area (Å²) >= 11 is 0. The lowest BCUT2D eigenvalue weighted by Crippen LogP contribution is -2.29. The van der Waals surface area contributed by atoms with E-state index in [0.717, 1.165) is 17.9 Å². The fraction of sp³-hybridized carbons (Fsp3) is 0.368. The van der Waals surface area contributed by atoms with Crippen LogP contribution >= 0.6 is 0 Å². The predicted octanol–water partition coefficient (Wildman–Crippen LogP) is 3.39. The second kappa shape index (κ2) is 6.59. The van der Waals surface area contributed by atoms with Crippen molar-refractivity contribution < 1.29 is 9.47 Å². The fourth-order valence-corrected chi connectivity index (χ4v) is 3.13. The number of benzene rings is 1. The smallest absolute Gasteiger partial charge is 0.257 e. The first kappa shape index (κ1) is 14.5. The molecule has 4 heteroatoms. The summed E-state index contributed by atoms with van der Waals surface area (Å²) in [5.41, 5.74) is 2.49. The number of ether oxygens (including phenoxy) is 2.